The molecule has 0 radical (unpaired) electrons. The average molecular weight is 253 g/mol. The van der Waals surface area contributed by atoms with Gasteiger partial charge in [-0.05, 0) is 19.9 Å². The molecule has 1 N–H and O–H groups in total. The third kappa shape index (κ3) is 2.47. The lowest BCUT2D eigenvalue weighted by molar-refractivity contribution is 0.0697. The molecule has 0 fully saturated rings. The van der Waals surface area contributed by atoms with Gasteiger partial charge in [-0.15, -0.1) is 11.3 Å². The van der Waals surface area contributed by atoms with Gasteiger partial charge >= 0.3 is 5.97 Å². The maximum atomic E-state index is 11.0. The van der Waals surface area contributed by atoms with E-state index in [1.165, 1.54) is 17.7 Å². The number of aromatic carboxylic acids is 1. The Labute approximate surface area is 102 Å². The van der Waals surface area contributed by atoms with Crippen molar-refractivity contribution in [3.8, 4) is 5.75 Å². The average Bonchev–Trinajstić information content (AvgIpc) is 2.82. The predicted molar refractivity (Wildman–Crippen MR) is 61.6 cm³/mol. The lowest BCUT2D eigenvalue weighted by Crippen LogP contribution is -2.01. The second-order valence-electron chi connectivity index (χ2n) is 3.50. The highest BCUT2D eigenvalue weighted by Crippen LogP contribution is 2.29. The standard InChI is InChI=1S/C11H11NO4S/c1-6-3-9(10(17-6)11(13)14)15-4-8-7(2)16-5-12-8/h3,5H,4H2,1-2H3,(H,13,14). The summed E-state index contributed by atoms with van der Waals surface area (Å²) in [6, 6.07) is 1.71. The second kappa shape index (κ2) is 4.58. The van der Waals surface area contributed by atoms with Crippen molar-refractivity contribution < 1.29 is 19.1 Å². The minimum absolute atomic E-state index is 0.207. The normalized spacial score (nSPS) is 10.5. The van der Waals surface area contributed by atoms with Crippen molar-refractivity contribution in [1.29, 1.82) is 0 Å². The molecule has 0 saturated carbocycles. The van der Waals surface area contributed by atoms with Gasteiger partial charge in [-0.3, -0.25) is 0 Å². The minimum atomic E-state index is -0.977. The number of hydrogen-bond donors (Lipinski definition) is 1. The number of carboxylic acids is 1. The highest BCUT2D eigenvalue weighted by atomic mass is 32.1. The fourth-order valence-electron chi connectivity index (χ4n) is 1.36. The summed E-state index contributed by atoms with van der Waals surface area (Å²) < 4.78 is 10.5. The van der Waals surface area contributed by atoms with Gasteiger partial charge in [0.25, 0.3) is 0 Å². The Morgan fingerprint density at radius 1 is 1.59 bits per heavy atom. The van der Waals surface area contributed by atoms with E-state index in [0.29, 0.717) is 17.2 Å². The molecular formula is C11H11NO4S. The molecule has 0 aliphatic heterocycles. The first-order valence-electron chi connectivity index (χ1n) is 4.93. The Hall–Kier alpha value is -1.82. The van der Waals surface area contributed by atoms with Gasteiger partial charge < -0.3 is 14.3 Å². The first-order valence-corrected chi connectivity index (χ1v) is 5.75. The van der Waals surface area contributed by atoms with E-state index in [2.05, 4.69) is 4.98 Å². The number of rotatable bonds is 4. The first-order chi connectivity index (χ1) is 8.08. The molecule has 2 aromatic heterocycles. The summed E-state index contributed by atoms with van der Waals surface area (Å²) in [5.41, 5.74) is 0.671. The van der Waals surface area contributed by atoms with Gasteiger partial charge in [-0.2, -0.15) is 0 Å². The molecule has 0 saturated heterocycles. The summed E-state index contributed by atoms with van der Waals surface area (Å²) in [6.07, 6.45) is 1.34. The summed E-state index contributed by atoms with van der Waals surface area (Å²) in [4.78, 5) is 16.0. The van der Waals surface area contributed by atoms with Gasteiger partial charge in [0.1, 0.15) is 23.8 Å². The van der Waals surface area contributed by atoms with Crippen LogP contribution < -0.4 is 4.74 Å². The zero-order chi connectivity index (χ0) is 12.4. The molecule has 0 atom stereocenters. The lowest BCUT2D eigenvalue weighted by atomic mass is 10.3. The number of ether oxygens (including phenoxy) is 1. The number of carboxylic acid groups (broad SMARTS) is 1. The van der Waals surface area contributed by atoms with Crippen LogP contribution in [0.1, 0.15) is 26.0 Å². The molecule has 0 aromatic carbocycles. The Morgan fingerprint density at radius 2 is 2.35 bits per heavy atom. The fraction of sp³-hybridized carbons (Fsp3) is 0.273. The second-order valence-corrected chi connectivity index (χ2v) is 4.76. The highest BCUT2D eigenvalue weighted by molar-refractivity contribution is 7.14. The van der Waals surface area contributed by atoms with E-state index in [0.717, 1.165) is 4.88 Å². The molecule has 0 aliphatic carbocycles. The van der Waals surface area contributed by atoms with Crippen molar-refractivity contribution in [1.82, 2.24) is 4.98 Å². The molecule has 2 aromatic rings. The number of aromatic nitrogens is 1. The molecule has 2 heterocycles. The Balaban J connectivity index is 2.14. The molecular weight excluding hydrogens is 242 g/mol. The van der Waals surface area contributed by atoms with Crippen molar-refractivity contribution in [2.45, 2.75) is 20.5 Å². The minimum Gasteiger partial charge on any atom is -0.485 e. The highest BCUT2D eigenvalue weighted by Gasteiger charge is 2.16. The van der Waals surface area contributed by atoms with Gasteiger partial charge in [0.15, 0.2) is 11.3 Å². The van der Waals surface area contributed by atoms with Crippen molar-refractivity contribution >= 4 is 17.3 Å². The zero-order valence-electron chi connectivity index (χ0n) is 9.39. The van der Waals surface area contributed by atoms with Crippen LogP contribution in [0.25, 0.3) is 0 Å². The Morgan fingerprint density at radius 3 is 2.94 bits per heavy atom. The van der Waals surface area contributed by atoms with Crippen molar-refractivity contribution in [3.05, 3.63) is 33.7 Å². The SMILES string of the molecule is Cc1cc(OCc2ncoc2C)c(C(=O)O)s1. The van der Waals surface area contributed by atoms with Crippen molar-refractivity contribution in [2.24, 2.45) is 0 Å². The van der Waals surface area contributed by atoms with Crippen LogP contribution in [0, 0.1) is 13.8 Å². The van der Waals surface area contributed by atoms with Crippen LogP contribution in [0.5, 0.6) is 5.75 Å². The van der Waals surface area contributed by atoms with Gasteiger partial charge in [0.05, 0.1) is 0 Å². The van der Waals surface area contributed by atoms with E-state index >= 15 is 0 Å². The quantitative estimate of drug-likeness (QED) is 0.906. The fourth-order valence-corrected chi connectivity index (χ4v) is 2.15. The van der Waals surface area contributed by atoms with Gasteiger partial charge in [-0.1, -0.05) is 0 Å². The van der Waals surface area contributed by atoms with Gasteiger partial charge in [0, 0.05) is 4.88 Å². The zero-order valence-corrected chi connectivity index (χ0v) is 10.2. The van der Waals surface area contributed by atoms with Crippen LogP contribution in [0.3, 0.4) is 0 Å². The van der Waals surface area contributed by atoms with Crippen LogP contribution in [-0.2, 0) is 6.61 Å². The topological polar surface area (TPSA) is 72.6 Å². The number of thiophene rings is 1. The Kier molecular flexibility index (Phi) is 3.14. The number of hydrogen-bond acceptors (Lipinski definition) is 5. The van der Waals surface area contributed by atoms with E-state index in [4.69, 9.17) is 14.3 Å². The maximum Gasteiger partial charge on any atom is 0.349 e. The third-order valence-electron chi connectivity index (χ3n) is 2.22. The van der Waals surface area contributed by atoms with Gasteiger partial charge in [0.2, 0.25) is 0 Å². The van der Waals surface area contributed by atoms with E-state index in [1.807, 2.05) is 6.92 Å². The monoisotopic (exact) mass is 253 g/mol. The van der Waals surface area contributed by atoms with Crippen LogP contribution in [-0.4, -0.2) is 16.1 Å². The molecule has 0 bridgehead atoms. The molecule has 2 rings (SSSR count). The number of aryl methyl sites for hydroxylation is 2. The van der Waals surface area contributed by atoms with Gasteiger partial charge in [-0.25, -0.2) is 9.78 Å². The van der Waals surface area contributed by atoms with E-state index < -0.39 is 5.97 Å². The van der Waals surface area contributed by atoms with Crippen LogP contribution in [0.4, 0.5) is 0 Å². The van der Waals surface area contributed by atoms with E-state index in [9.17, 15) is 4.79 Å². The summed E-state index contributed by atoms with van der Waals surface area (Å²) in [5.74, 6) is 0.0752. The van der Waals surface area contributed by atoms with Crippen LogP contribution >= 0.6 is 11.3 Å². The first kappa shape index (κ1) is 11.7. The van der Waals surface area contributed by atoms with Crippen LogP contribution in [0.15, 0.2) is 16.9 Å². The Bertz CT molecular complexity index is 543. The number of nitrogens with zero attached hydrogens (tertiary/aromatic N) is 1. The van der Waals surface area contributed by atoms with E-state index in [-0.39, 0.29) is 11.5 Å². The number of carbonyl (C=O) groups is 1. The smallest absolute Gasteiger partial charge is 0.349 e. The number of oxazole rings is 1. The molecule has 17 heavy (non-hydrogen) atoms. The largest absolute Gasteiger partial charge is 0.485 e. The van der Waals surface area contributed by atoms with Crippen molar-refractivity contribution in [2.75, 3.05) is 0 Å². The molecule has 0 spiro atoms. The molecule has 90 valence electrons. The molecule has 0 aliphatic rings. The van der Waals surface area contributed by atoms with Crippen LogP contribution in [0.2, 0.25) is 0 Å². The third-order valence-corrected chi connectivity index (χ3v) is 3.24. The maximum absolute atomic E-state index is 11.0. The van der Waals surface area contributed by atoms with Crippen molar-refractivity contribution in [3.63, 3.8) is 0 Å². The summed E-state index contributed by atoms with van der Waals surface area (Å²) in [6.45, 7) is 3.83. The molecule has 0 unspecified atom stereocenters. The predicted octanol–water partition coefficient (Wildman–Crippen LogP) is 2.63. The summed E-state index contributed by atoms with van der Waals surface area (Å²) in [7, 11) is 0. The molecule has 5 nitrogen and oxygen atoms in total. The van der Waals surface area contributed by atoms with E-state index in [1.54, 1.807) is 13.0 Å². The lowest BCUT2D eigenvalue weighted by Gasteiger charge is -2.03. The summed E-state index contributed by atoms with van der Waals surface area (Å²) in [5, 5.41) is 8.99. The summed E-state index contributed by atoms with van der Waals surface area (Å²) >= 11 is 1.20. The molecule has 6 heteroatoms. The molecule has 0 amide bonds.